The van der Waals surface area contributed by atoms with Gasteiger partial charge in [0, 0.05) is 18.9 Å². The van der Waals surface area contributed by atoms with E-state index in [9.17, 15) is 0 Å². The fraction of sp³-hybridized carbons (Fsp3) is 0.100. The van der Waals surface area contributed by atoms with E-state index in [1.807, 2.05) is 30.1 Å². The first-order chi connectivity index (χ1) is 6.38. The van der Waals surface area contributed by atoms with Crippen molar-refractivity contribution in [3.8, 4) is 0 Å². The zero-order valence-electron chi connectivity index (χ0n) is 7.27. The van der Waals surface area contributed by atoms with Gasteiger partial charge in [0.1, 0.15) is 0 Å². The van der Waals surface area contributed by atoms with Gasteiger partial charge in [0.05, 0.1) is 5.38 Å². The number of thiazole rings is 1. The van der Waals surface area contributed by atoms with Gasteiger partial charge in [-0.15, -0.1) is 0 Å². The highest BCUT2D eigenvalue weighted by Gasteiger charge is 2.04. The Morgan fingerprint density at radius 2 is 2.08 bits per heavy atom. The Hall–Kier alpha value is -1.35. The van der Waals surface area contributed by atoms with E-state index < -0.39 is 0 Å². The molecule has 0 saturated carbocycles. The molecule has 0 fully saturated rings. The van der Waals surface area contributed by atoms with Gasteiger partial charge in [-0.1, -0.05) is 29.5 Å². The molecule has 1 radical (unpaired) electrons. The second kappa shape index (κ2) is 3.58. The second-order valence-electron chi connectivity index (χ2n) is 2.66. The van der Waals surface area contributed by atoms with Crippen molar-refractivity contribution in [1.82, 2.24) is 4.98 Å². The Morgan fingerprint density at radius 1 is 1.31 bits per heavy atom. The van der Waals surface area contributed by atoms with Crippen LogP contribution in [-0.2, 0) is 0 Å². The van der Waals surface area contributed by atoms with Crippen molar-refractivity contribution in [2.75, 3.05) is 11.9 Å². The van der Waals surface area contributed by atoms with Gasteiger partial charge in [-0.25, -0.2) is 4.98 Å². The second-order valence-corrected chi connectivity index (χ2v) is 3.46. The van der Waals surface area contributed by atoms with Gasteiger partial charge >= 0.3 is 0 Å². The van der Waals surface area contributed by atoms with E-state index in [2.05, 4.69) is 22.5 Å². The summed E-state index contributed by atoms with van der Waals surface area (Å²) in [7, 11) is 2.00. The fourth-order valence-corrected chi connectivity index (χ4v) is 1.66. The predicted octanol–water partition coefficient (Wildman–Crippen LogP) is 2.71. The molecule has 13 heavy (non-hydrogen) atoms. The molecule has 2 aromatic rings. The molecule has 0 aliphatic carbocycles. The smallest absolute Gasteiger partial charge is 0.190 e. The zero-order valence-corrected chi connectivity index (χ0v) is 8.08. The maximum atomic E-state index is 4.18. The van der Waals surface area contributed by atoms with Gasteiger partial charge in [0.2, 0.25) is 0 Å². The molecule has 0 spiro atoms. The van der Waals surface area contributed by atoms with Gasteiger partial charge < -0.3 is 4.90 Å². The molecule has 1 aromatic heterocycles. The van der Waals surface area contributed by atoms with E-state index in [1.165, 1.54) is 11.3 Å². The van der Waals surface area contributed by atoms with Crippen molar-refractivity contribution < 1.29 is 0 Å². The minimum Gasteiger partial charge on any atom is -0.321 e. The molecule has 0 bridgehead atoms. The minimum absolute atomic E-state index is 0.964. The van der Waals surface area contributed by atoms with Gasteiger partial charge in [0.25, 0.3) is 0 Å². The van der Waals surface area contributed by atoms with Crippen molar-refractivity contribution in [3.63, 3.8) is 0 Å². The topological polar surface area (TPSA) is 16.1 Å². The molecule has 2 nitrogen and oxygen atoms in total. The fourth-order valence-electron chi connectivity index (χ4n) is 1.10. The van der Waals surface area contributed by atoms with Crippen LogP contribution < -0.4 is 4.90 Å². The molecule has 0 unspecified atom stereocenters. The highest BCUT2D eigenvalue weighted by molar-refractivity contribution is 7.13. The summed E-state index contributed by atoms with van der Waals surface area (Å²) in [5.74, 6) is 0. The van der Waals surface area contributed by atoms with E-state index >= 15 is 0 Å². The molecule has 2 rings (SSSR count). The standard InChI is InChI=1S/C10H9N2S/c1-12(10-11-7-8-13-10)9-5-3-2-4-6-9/h2-7H,1H3. The number of hydrogen-bond donors (Lipinski definition) is 0. The normalized spacial score (nSPS) is 9.92. The number of hydrogen-bond acceptors (Lipinski definition) is 3. The van der Waals surface area contributed by atoms with Crippen LogP contribution in [0.4, 0.5) is 10.8 Å². The number of benzene rings is 1. The number of aromatic nitrogens is 1. The molecule has 1 aromatic carbocycles. The Morgan fingerprint density at radius 3 is 2.69 bits per heavy atom. The van der Waals surface area contributed by atoms with Crippen molar-refractivity contribution in [1.29, 1.82) is 0 Å². The van der Waals surface area contributed by atoms with E-state index in [0.29, 0.717) is 0 Å². The molecule has 0 atom stereocenters. The Labute approximate surface area is 81.5 Å². The number of rotatable bonds is 2. The van der Waals surface area contributed by atoms with Gasteiger partial charge in [0.15, 0.2) is 5.13 Å². The Bertz CT molecular complexity index is 356. The molecule has 3 heteroatoms. The van der Waals surface area contributed by atoms with E-state index in [-0.39, 0.29) is 0 Å². The van der Waals surface area contributed by atoms with Crippen LogP contribution in [0.15, 0.2) is 36.5 Å². The maximum absolute atomic E-state index is 4.18. The monoisotopic (exact) mass is 189 g/mol. The lowest BCUT2D eigenvalue weighted by molar-refractivity contribution is 1.17. The third-order valence-electron chi connectivity index (χ3n) is 1.81. The van der Waals surface area contributed by atoms with Crippen molar-refractivity contribution >= 4 is 22.2 Å². The van der Waals surface area contributed by atoms with Crippen LogP contribution in [0.25, 0.3) is 0 Å². The van der Waals surface area contributed by atoms with Crippen LogP contribution in [0.2, 0.25) is 0 Å². The van der Waals surface area contributed by atoms with E-state index in [0.717, 1.165) is 10.8 Å². The SMILES string of the molecule is CN(c1ccccc1)c1nc[c]s1. The summed E-state index contributed by atoms with van der Waals surface area (Å²) in [5, 5.41) is 3.93. The van der Waals surface area contributed by atoms with Crippen molar-refractivity contribution in [2.24, 2.45) is 0 Å². The van der Waals surface area contributed by atoms with E-state index in [1.54, 1.807) is 6.20 Å². The van der Waals surface area contributed by atoms with Crippen molar-refractivity contribution in [2.45, 2.75) is 0 Å². The first-order valence-corrected chi connectivity index (χ1v) is 4.80. The van der Waals surface area contributed by atoms with Crippen LogP contribution in [0.5, 0.6) is 0 Å². The molecule has 1 heterocycles. The molecule has 0 amide bonds. The average Bonchev–Trinajstić information content (AvgIpc) is 2.71. The van der Waals surface area contributed by atoms with Crippen LogP contribution in [0.3, 0.4) is 0 Å². The highest BCUT2D eigenvalue weighted by Crippen LogP contribution is 2.23. The van der Waals surface area contributed by atoms with Crippen molar-refractivity contribution in [3.05, 3.63) is 41.9 Å². The van der Waals surface area contributed by atoms with Gasteiger partial charge in [-0.3, -0.25) is 0 Å². The predicted molar refractivity (Wildman–Crippen MR) is 55.5 cm³/mol. The van der Waals surface area contributed by atoms with Gasteiger partial charge in [-0.2, -0.15) is 0 Å². The first kappa shape index (κ1) is 8.26. The maximum Gasteiger partial charge on any atom is 0.190 e. The highest BCUT2D eigenvalue weighted by atomic mass is 32.1. The van der Waals surface area contributed by atoms with Crippen LogP contribution >= 0.6 is 11.3 Å². The Balaban J connectivity index is 2.29. The summed E-state index contributed by atoms with van der Waals surface area (Å²) < 4.78 is 0. The summed E-state index contributed by atoms with van der Waals surface area (Å²) >= 11 is 1.52. The van der Waals surface area contributed by atoms with Gasteiger partial charge in [-0.05, 0) is 12.1 Å². The molecular formula is C10H9N2S. The zero-order chi connectivity index (χ0) is 9.10. The summed E-state index contributed by atoms with van der Waals surface area (Å²) in [4.78, 5) is 6.22. The summed E-state index contributed by atoms with van der Waals surface area (Å²) in [6.45, 7) is 0. The third kappa shape index (κ3) is 1.70. The molecule has 65 valence electrons. The number of anilines is 2. The molecule has 0 aliphatic rings. The molecule has 0 saturated heterocycles. The average molecular weight is 189 g/mol. The van der Waals surface area contributed by atoms with Crippen LogP contribution in [0, 0.1) is 5.38 Å². The summed E-state index contributed by atoms with van der Waals surface area (Å²) in [6, 6.07) is 10.2. The molecule has 0 aliphatic heterocycles. The lowest BCUT2D eigenvalue weighted by Gasteiger charge is -2.14. The number of para-hydroxylation sites is 1. The largest absolute Gasteiger partial charge is 0.321 e. The first-order valence-electron chi connectivity index (χ1n) is 3.98. The summed E-state index contributed by atoms with van der Waals surface area (Å²) in [5.41, 5.74) is 1.14. The lowest BCUT2D eigenvalue weighted by atomic mass is 10.3. The minimum atomic E-state index is 0.964. The van der Waals surface area contributed by atoms with Crippen LogP contribution in [-0.4, -0.2) is 12.0 Å². The number of nitrogens with zero attached hydrogens (tertiary/aromatic N) is 2. The quantitative estimate of drug-likeness (QED) is 0.722. The van der Waals surface area contributed by atoms with Crippen LogP contribution in [0.1, 0.15) is 0 Å². The molecule has 0 N–H and O–H groups in total. The summed E-state index contributed by atoms with van der Waals surface area (Å²) in [6.07, 6.45) is 1.69. The Kier molecular flexibility index (Phi) is 2.27. The molecular weight excluding hydrogens is 180 g/mol. The third-order valence-corrected chi connectivity index (χ3v) is 2.59. The lowest BCUT2D eigenvalue weighted by Crippen LogP contribution is -2.08. The van der Waals surface area contributed by atoms with E-state index in [4.69, 9.17) is 0 Å².